The Balaban J connectivity index is 1.90. The van der Waals surface area contributed by atoms with Crippen LogP contribution in [0, 0.1) is 6.07 Å². The van der Waals surface area contributed by atoms with E-state index in [0.29, 0.717) is 0 Å². The monoisotopic (exact) mass is 175 g/mol. The number of hydrogen-bond donors (Lipinski definition) is 0. The van der Waals surface area contributed by atoms with Crippen LogP contribution < -0.4 is 0 Å². The lowest BCUT2D eigenvalue weighted by molar-refractivity contribution is 0.218. The Kier molecular flexibility index (Phi) is 2.93. The molecule has 0 unspecified atom stereocenters. The molecule has 0 spiro atoms. The third-order valence-corrected chi connectivity index (χ3v) is 2.48. The summed E-state index contributed by atoms with van der Waals surface area (Å²) in [6.45, 7) is 3.43. The number of hydrogen-bond acceptors (Lipinski definition) is 2. The molecule has 1 saturated heterocycles. The third kappa shape index (κ3) is 2.52. The van der Waals surface area contributed by atoms with Gasteiger partial charge in [-0.25, -0.2) is 0 Å². The number of piperidine rings is 1. The average Bonchev–Trinajstić information content (AvgIpc) is 2.21. The molecule has 0 saturated carbocycles. The SMILES string of the molecule is [c]1cccnc1CN1CCCCC1. The van der Waals surface area contributed by atoms with Gasteiger partial charge >= 0.3 is 0 Å². The number of likely N-dealkylation sites (tertiary alicyclic amines) is 1. The second kappa shape index (κ2) is 4.38. The standard InChI is InChI=1S/C11H15N2/c1-4-8-13(9-5-1)10-11-6-2-3-7-12-11/h2-3,7H,1,4-5,8-10H2. The molecule has 1 aliphatic heterocycles. The third-order valence-electron chi connectivity index (χ3n) is 2.48. The van der Waals surface area contributed by atoms with Gasteiger partial charge in [-0.1, -0.05) is 12.5 Å². The molecule has 2 rings (SSSR count). The maximum Gasteiger partial charge on any atom is 0.0622 e. The van der Waals surface area contributed by atoms with Crippen LogP contribution in [0.15, 0.2) is 18.3 Å². The van der Waals surface area contributed by atoms with Crippen LogP contribution in [-0.4, -0.2) is 23.0 Å². The van der Waals surface area contributed by atoms with Gasteiger partial charge in [0.05, 0.1) is 5.69 Å². The average molecular weight is 175 g/mol. The van der Waals surface area contributed by atoms with E-state index in [1.807, 2.05) is 18.3 Å². The Bertz CT molecular complexity index is 240. The molecular weight excluding hydrogens is 160 g/mol. The predicted molar refractivity (Wildman–Crippen MR) is 52.2 cm³/mol. The van der Waals surface area contributed by atoms with Crippen molar-refractivity contribution in [3.8, 4) is 0 Å². The number of aromatic nitrogens is 1. The van der Waals surface area contributed by atoms with E-state index in [2.05, 4.69) is 16.0 Å². The molecule has 0 N–H and O–H groups in total. The molecule has 0 atom stereocenters. The van der Waals surface area contributed by atoms with Crippen LogP contribution >= 0.6 is 0 Å². The molecule has 1 aliphatic rings. The first kappa shape index (κ1) is 8.70. The van der Waals surface area contributed by atoms with Crippen molar-refractivity contribution < 1.29 is 0 Å². The summed E-state index contributed by atoms with van der Waals surface area (Å²) in [7, 11) is 0. The van der Waals surface area contributed by atoms with E-state index in [4.69, 9.17) is 0 Å². The topological polar surface area (TPSA) is 16.1 Å². The van der Waals surface area contributed by atoms with Gasteiger partial charge in [0.15, 0.2) is 0 Å². The van der Waals surface area contributed by atoms with Crippen molar-refractivity contribution in [1.29, 1.82) is 0 Å². The van der Waals surface area contributed by atoms with Crippen LogP contribution in [0.5, 0.6) is 0 Å². The molecule has 2 heteroatoms. The summed E-state index contributed by atoms with van der Waals surface area (Å²) in [5.41, 5.74) is 1.07. The minimum Gasteiger partial charge on any atom is -0.297 e. The largest absolute Gasteiger partial charge is 0.297 e. The lowest BCUT2D eigenvalue weighted by Gasteiger charge is -2.25. The van der Waals surface area contributed by atoms with Gasteiger partial charge in [-0.15, -0.1) is 0 Å². The first-order valence-electron chi connectivity index (χ1n) is 4.99. The predicted octanol–water partition coefficient (Wildman–Crippen LogP) is 1.87. The van der Waals surface area contributed by atoms with Gasteiger partial charge in [-0.3, -0.25) is 9.88 Å². The maximum atomic E-state index is 4.28. The van der Waals surface area contributed by atoms with Crippen molar-refractivity contribution in [2.75, 3.05) is 13.1 Å². The van der Waals surface area contributed by atoms with Gasteiger partial charge in [0.25, 0.3) is 0 Å². The first-order valence-corrected chi connectivity index (χ1v) is 4.99. The van der Waals surface area contributed by atoms with E-state index >= 15 is 0 Å². The fraction of sp³-hybridized carbons (Fsp3) is 0.545. The van der Waals surface area contributed by atoms with Crippen LogP contribution in [0.4, 0.5) is 0 Å². The molecule has 0 amide bonds. The Hall–Kier alpha value is -0.890. The zero-order chi connectivity index (χ0) is 8.93. The van der Waals surface area contributed by atoms with Crippen molar-refractivity contribution in [2.24, 2.45) is 0 Å². The van der Waals surface area contributed by atoms with Crippen LogP contribution in [0.25, 0.3) is 0 Å². The zero-order valence-electron chi connectivity index (χ0n) is 7.87. The summed E-state index contributed by atoms with van der Waals surface area (Å²) in [5.74, 6) is 0. The van der Waals surface area contributed by atoms with E-state index in [0.717, 1.165) is 12.2 Å². The van der Waals surface area contributed by atoms with Crippen molar-refractivity contribution in [3.05, 3.63) is 30.1 Å². The van der Waals surface area contributed by atoms with Gasteiger partial charge in [0, 0.05) is 18.8 Å². The highest BCUT2D eigenvalue weighted by Crippen LogP contribution is 2.10. The molecule has 0 aliphatic carbocycles. The van der Waals surface area contributed by atoms with Gasteiger partial charge in [0.2, 0.25) is 0 Å². The molecule has 0 aromatic carbocycles. The highest BCUT2D eigenvalue weighted by molar-refractivity contribution is 5.01. The Labute approximate surface area is 79.6 Å². The van der Waals surface area contributed by atoms with E-state index in [1.165, 1.54) is 32.4 Å². The molecule has 2 nitrogen and oxygen atoms in total. The molecule has 0 bridgehead atoms. The van der Waals surface area contributed by atoms with Crippen molar-refractivity contribution in [1.82, 2.24) is 9.88 Å². The molecule has 1 aromatic rings. The quantitative estimate of drug-likeness (QED) is 0.682. The molecule has 13 heavy (non-hydrogen) atoms. The van der Waals surface area contributed by atoms with Gasteiger partial charge < -0.3 is 0 Å². The Morgan fingerprint density at radius 2 is 2.15 bits per heavy atom. The molecule has 69 valence electrons. The van der Waals surface area contributed by atoms with Crippen molar-refractivity contribution in [3.63, 3.8) is 0 Å². The number of nitrogens with zero attached hydrogens (tertiary/aromatic N) is 2. The second-order valence-corrected chi connectivity index (χ2v) is 3.57. The van der Waals surface area contributed by atoms with Gasteiger partial charge in [-0.2, -0.15) is 0 Å². The van der Waals surface area contributed by atoms with Gasteiger partial charge in [0.1, 0.15) is 0 Å². The van der Waals surface area contributed by atoms with E-state index < -0.39 is 0 Å². The fourth-order valence-electron chi connectivity index (χ4n) is 1.77. The highest BCUT2D eigenvalue weighted by atomic mass is 15.1. The summed E-state index contributed by atoms with van der Waals surface area (Å²) in [4.78, 5) is 6.74. The Morgan fingerprint density at radius 1 is 1.31 bits per heavy atom. The van der Waals surface area contributed by atoms with Crippen LogP contribution in [-0.2, 0) is 6.54 Å². The van der Waals surface area contributed by atoms with Crippen molar-refractivity contribution >= 4 is 0 Å². The van der Waals surface area contributed by atoms with Gasteiger partial charge in [-0.05, 0) is 32.0 Å². The Morgan fingerprint density at radius 3 is 2.85 bits per heavy atom. The molecule has 1 aromatic heterocycles. The van der Waals surface area contributed by atoms with E-state index in [9.17, 15) is 0 Å². The molecule has 2 heterocycles. The van der Waals surface area contributed by atoms with E-state index in [-0.39, 0.29) is 0 Å². The lowest BCUT2D eigenvalue weighted by Crippen LogP contribution is -2.29. The minimum absolute atomic E-state index is 0.973. The maximum absolute atomic E-state index is 4.28. The summed E-state index contributed by atoms with van der Waals surface area (Å²) in [5, 5.41) is 0. The summed E-state index contributed by atoms with van der Waals surface area (Å²) < 4.78 is 0. The van der Waals surface area contributed by atoms with Crippen LogP contribution in [0.2, 0.25) is 0 Å². The zero-order valence-corrected chi connectivity index (χ0v) is 7.87. The van der Waals surface area contributed by atoms with Crippen LogP contribution in [0.3, 0.4) is 0 Å². The number of rotatable bonds is 2. The fourth-order valence-corrected chi connectivity index (χ4v) is 1.77. The summed E-state index contributed by atoms with van der Waals surface area (Å²) in [6, 6.07) is 7.02. The molecule has 1 fully saturated rings. The minimum atomic E-state index is 0.973. The van der Waals surface area contributed by atoms with Crippen LogP contribution in [0.1, 0.15) is 25.0 Å². The second-order valence-electron chi connectivity index (χ2n) is 3.57. The normalized spacial score (nSPS) is 18.8. The van der Waals surface area contributed by atoms with E-state index in [1.54, 1.807) is 0 Å². The molecular formula is C11H15N2. The summed E-state index contributed by atoms with van der Waals surface area (Å²) in [6.07, 6.45) is 5.91. The lowest BCUT2D eigenvalue weighted by atomic mass is 10.1. The number of pyridine rings is 1. The summed E-state index contributed by atoms with van der Waals surface area (Å²) >= 11 is 0. The first-order chi connectivity index (χ1) is 6.45. The smallest absolute Gasteiger partial charge is 0.0622 e. The van der Waals surface area contributed by atoms with Crippen molar-refractivity contribution in [2.45, 2.75) is 25.8 Å². The highest BCUT2D eigenvalue weighted by Gasteiger charge is 2.10. The molecule has 1 radical (unpaired) electrons.